The molecule has 0 spiro atoms. The van der Waals surface area contributed by atoms with Crippen LogP contribution in [0.4, 0.5) is 0 Å². The molecular weight excluding hydrogens is 258 g/mol. The highest BCUT2D eigenvalue weighted by atomic mass is 16.5. The molecule has 1 saturated carbocycles. The summed E-state index contributed by atoms with van der Waals surface area (Å²) in [6.07, 6.45) is 3.88. The van der Waals surface area contributed by atoms with Crippen LogP contribution in [-0.2, 0) is 5.41 Å². The SMILES string of the molecule is CC1CCC(C(C)(C)c2cccc(OC(C)C)c2)C(N)C1. The third-order valence-corrected chi connectivity index (χ3v) is 5.04. The topological polar surface area (TPSA) is 35.2 Å². The van der Waals surface area contributed by atoms with Crippen LogP contribution < -0.4 is 10.5 Å². The Hall–Kier alpha value is -1.02. The fraction of sp³-hybridized carbons (Fsp3) is 0.684. The van der Waals surface area contributed by atoms with E-state index in [1.165, 1.54) is 18.4 Å². The molecule has 1 fully saturated rings. The Bertz CT molecular complexity index is 466. The summed E-state index contributed by atoms with van der Waals surface area (Å²) in [7, 11) is 0. The van der Waals surface area contributed by atoms with Gasteiger partial charge in [-0.15, -0.1) is 0 Å². The molecule has 0 bridgehead atoms. The highest BCUT2D eigenvalue weighted by molar-refractivity contribution is 5.34. The van der Waals surface area contributed by atoms with Gasteiger partial charge in [0.15, 0.2) is 0 Å². The number of hydrogen-bond donors (Lipinski definition) is 1. The molecule has 3 atom stereocenters. The molecule has 2 heteroatoms. The van der Waals surface area contributed by atoms with Crippen molar-refractivity contribution in [2.45, 2.75) is 71.4 Å². The number of ether oxygens (including phenoxy) is 1. The van der Waals surface area contributed by atoms with Gasteiger partial charge in [0.2, 0.25) is 0 Å². The average molecular weight is 289 g/mol. The van der Waals surface area contributed by atoms with Gasteiger partial charge in [-0.3, -0.25) is 0 Å². The fourth-order valence-corrected chi connectivity index (χ4v) is 3.78. The van der Waals surface area contributed by atoms with Gasteiger partial charge in [-0.25, -0.2) is 0 Å². The molecule has 2 nitrogen and oxygen atoms in total. The Morgan fingerprint density at radius 1 is 1.24 bits per heavy atom. The van der Waals surface area contributed by atoms with Gasteiger partial charge in [-0.2, -0.15) is 0 Å². The molecule has 0 heterocycles. The summed E-state index contributed by atoms with van der Waals surface area (Å²) in [6, 6.07) is 8.87. The molecule has 1 aromatic carbocycles. The summed E-state index contributed by atoms with van der Waals surface area (Å²) in [5.74, 6) is 2.28. The van der Waals surface area contributed by atoms with E-state index in [1.54, 1.807) is 0 Å². The van der Waals surface area contributed by atoms with E-state index in [0.717, 1.165) is 18.1 Å². The summed E-state index contributed by atoms with van der Waals surface area (Å²) >= 11 is 0. The van der Waals surface area contributed by atoms with Crippen molar-refractivity contribution in [2.75, 3.05) is 0 Å². The molecule has 1 aliphatic rings. The summed E-state index contributed by atoms with van der Waals surface area (Å²) in [5, 5.41) is 0. The van der Waals surface area contributed by atoms with Gasteiger partial charge < -0.3 is 10.5 Å². The van der Waals surface area contributed by atoms with E-state index >= 15 is 0 Å². The van der Waals surface area contributed by atoms with Crippen molar-refractivity contribution in [3.63, 3.8) is 0 Å². The normalized spacial score (nSPS) is 26.9. The zero-order valence-corrected chi connectivity index (χ0v) is 14.2. The van der Waals surface area contributed by atoms with Crippen LogP contribution in [0.25, 0.3) is 0 Å². The van der Waals surface area contributed by atoms with E-state index in [0.29, 0.717) is 12.0 Å². The van der Waals surface area contributed by atoms with E-state index in [9.17, 15) is 0 Å². The van der Waals surface area contributed by atoms with Crippen LogP contribution in [0.15, 0.2) is 24.3 Å². The van der Waals surface area contributed by atoms with Crippen LogP contribution in [0.5, 0.6) is 5.75 Å². The molecule has 2 N–H and O–H groups in total. The van der Waals surface area contributed by atoms with Gasteiger partial charge in [0.25, 0.3) is 0 Å². The van der Waals surface area contributed by atoms with Crippen molar-refractivity contribution in [3.05, 3.63) is 29.8 Å². The van der Waals surface area contributed by atoms with E-state index in [1.807, 2.05) is 6.07 Å². The Labute approximate surface area is 130 Å². The van der Waals surface area contributed by atoms with Crippen LogP contribution >= 0.6 is 0 Å². The fourth-order valence-electron chi connectivity index (χ4n) is 3.78. The van der Waals surface area contributed by atoms with Crippen LogP contribution in [0, 0.1) is 11.8 Å². The number of nitrogens with two attached hydrogens (primary N) is 1. The first-order chi connectivity index (χ1) is 9.80. The Kier molecular flexibility index (Phi) is 4.98. The average Bonchev–Trinajstić information content (AvgIpc) is 2.37. The number of rotatable bonds is 4. The molecule has 21 heavy (non-hydrogen) atoms. The van der Waals surface area contributed by atoms with Crippen molar-refractivity contribution >= 4 is 0 Å². The van der Waals surface area contributed by atoms with Crippen molar-refractivity contribution in [2.24, 2.45) is 17.6 Å². The first-order valence-corrected chi connectivity index (χ1v) is 8.33. The number of benzene rings is 1. The smallest absolute Gasteiger partial charge is 0.119 e. The molecule has 0 radical (unpaired) electrons. The van der Waals surface area contributed by atoms with E-state index in [4.69, 9.17) is 10.5 Å². The predicted molar refractivity (Wildman–Crippen MR) is 89.7 cm³/mol. The lowest BCUT2D eigenvalue weighted by molar-refractivity contribution is 0.170. The Morgan fingerprint density at radius 2 is 1.95 bits per heavy atom. The standard InChI is InChI=1S/C19H31NO/c1-13(2)21-16-8-6-7-15(12-16)19(4,5)17-10-9-14(3)11-18(17)20/h6-8,12-14,17-18H,9-11,20H2,1-5H3. The van der Waals surface area contributed by atoms with E-state index in [2.05, 4.69) is 52.8 Å². The zero-order chi connectivity index (χ0) is 15.6. The van der Waals surface area contributed by atoms with Gasteiger partial charge in [-0.05, 0) is 61.6 Å². The highest BCUT2D eigenvalue weighted by Crippen LogP contribution is 2.42. The largest absolute Gasteiger partial charge is 0.491 e. The summed E-state index contributed by atoms with van der Waals surface area (Å²) in [5.41, 5.74) is 7.92. The first kappa shape index (κ1) is 16.4. The van der Waals surface area contributed by atoms with Crippen molar-refractivity contribution in [1.82, 2.24) is 0 Å². The van der Waals surface area contributed by atoms with Crippen LogP contribution in [0.1, 0.15) is 59.4 Å². The van der Waals surface area contributed by atoms with Gasteiger partial charge in [0.1, 0.15) is 5.75 Å². The predicted octanol–water partition coefficient (Wildman–Crippen LogP) is 4.51. The lowest BCUT2D eigenvalue weighted by Gasteiger charge is -2.43. The lowest BCUT2D eigenvalue weighted by atomic mass is 9.64. The van der Waals surface area contributed by atoms with E-state index < -0.39 is 0 Å². The Balaban J connectivity index is 2.22. The molecule has 0 aromatic heterocycles. The zero-order valence-electron chi connectivity index (χ0n) is 14.2. The maximum atomic E-state index is 6.48. The first-order valence-electron chi connectivity index (χ1n) is 8.33. The molecule has 1 aliphatic carbocycles. The molecular formula is C19H31NO. The molecule has 2 rings (SSSR count). The molecule has 1 aromatic rings. The van der Waals surface area contributed by atoms with Gasteiger partial charge >= 0.3 is 0 Å². The van der Waals surface area contributed by atoms with Crippen molar-refractivity contribution in [1.29, 1.82) is 0 Å². The Morgan fingerprint density at radius 3 is 2.57 bits per heavy atom. The highest BCUT2D eigenvalue weighted by Gasteiger charge is 2.38. The maximum Gasteiger partial charge on any atom is 0.119 e. The van der Waals surface area contributed by atoms with Gasteiger partial charge in [0.05, 0.1) is 6.10 Å². The monoisotopic (exact) mass is 289 g/mol. The van der Waals surface area contributed by atoms with Crippen LogP contribution in [0.3, 0.4) is 0 Å². The third kappa shape index (κ3) is 3.79. The second-order valence-electron chi connectivity index (χ2n) is 7.60. The molecule has 118 valence electrons. The number of hydrogen-bond acceptors (Lipinski definition) is 2. The minimum atomic E-state index is 0.0932. The van der Waals surface area contributed by atoms with Crippen molar-refractivity contribution < 1.29 is 4.74 Å². The minimum absolute atomic E-state index is 0.0932. The molecule has 3 unspecified atom stereocenters. The second-order valence-corrected chi connectivity index (χ2v) is 7.60. The minimum Gasteiger partial charge on any atom is -0.491 e. The van der Waals surface area contributed by atoms with Gasteiger partial charge in [0, 0.05) is 6.04 Å². The summed E-state index contributed by atoms with van der Waals surface area (Å²) in [4.78, 5) is 0. The summed E-state index contributed by atoms with van der Waals surface area (Å²) < 4.78 is 5.85. The van der Waals surface area contributed by atoms with Crippen molar-refractivity contribution in [3.8, 4) is 5.75 Å². The van der Waals surface area contributed by atoms with Crippen LogP contribution in [-0.4, -0.2) is 12.1 Å². The molecule has 0 saturated heterocycles. The third-order valence-electron chi connectivity index (χ3n) is 5.04. The van der Waals surface area contributed by atoms with Crippen LogP contribution in [0.2, 0.25) is 0 Å². The van der Waals surface area contributed by atoms with Gasteiger partial charge in [-0.1, -0.05) is 39.3 Å². The molecule has 0 amide bonds. The molecule has 0 aliphatic heterocycles. The second kappa shape index (κ2) is 6.39. The maximum absolute atomic E-state index is 6.48. The summed E-state index contributed by atoms with van der Waals surface area (Å²) in [6.45, 7) is 11.1. The quantitative estimate of drug-likeness (QED) is 0.884. The lowest BCUT2D eigenvalue weighted by Crippen LogP contribution is -2.45. The van der Waals surface area contributed by atoms with E-state index in [-0.39, 0.29) is 11.5 Å².